The summed E-state index contributed by atoms with van der Waals surface area (Å²) in [6, 6.07) is 9.76. The van der Waals surface area contributed by atoms with Crippen LogP contribution in [0.1, 0.15) is 11.1 Å². The van der Waals surface area contributed by atoms with Crippen LogP contribution in [0.25, 0.3) is 0 Å². The molecule has 0 saturated carbocycles. The number of rotatable bonds is 7. The van der Waals surface area contributed by atoms with Gasteiger partial charge in [-0.2, -0.15) is 0 Å². The third kappa shape index (κ3) is 3.91. The Hall–Kier alpha value is -3.46. The number of aliphatic carboxylic acids is 1. The molecule has 0 saturated heterocycles. The molecule has 32 heavy (non-hydrogen) atoms. The molecule has 1 atom stereocenters. The van der Waals surface area contributed by atoms with Gasteiger partial charge in [-0.05, 0) is 36.2 Å². The van der Waals surface area contributed by atoms with Crippen molar-refractivity contribution < 1.29 is 28.7 Å². The van der Waals surface area contributed by atoms with E-state index in [0.29, 0.717) is 11.8 Å². The molecule has 0 aromatic heterocycles. The minimum absolute atomic E-state index is 0.115. The fourth-order valence-corrected chi connectivity index (χ4v) is 3.95. The summed E-state index contributed by atoms with van der Waals surface area (Å²) in [6.07, 6.45) is 0.535. The Bertz CT molecular complexity index is 1090. The van der Waals surface area contributed by atoms with Gasteiger partial charge in [-0.3, -0.25) is 19.3 Å². The largest absolute Gasteiger partial charge is 0.480 e. The third-order valence-corrected chi connectivity index (χ3v) is 5.75. The maximum atomic E-state index is 13.9. The highest BCUT2D eigenvalue weighted by Crippen LogP contribution is 2.44. The first-order valence-corrected chi connectivity index (χ1v) is 10.0. The molecule has 0 unspecified atom stereocenters. The molecular formula is C22H21ClFN3O5. The van der Waals surface area contributed by atoms with Gasteiger partial charge in [-0.1, -0.05) is 29.8 Å². The number of hydrogen-bond donors (Lipinski definition) is 1. The fraction of sp³-hybridized carbons (Fsp3) is 0.273. The van der Waals surface area contributed by atoms with Crippen LogP contribution in [0.15, 0.2) is 42.5 Å². The Balaban J connectivity index is 1.93. The predicted octanol–water partition coefficient (Wildman–Crippen LogP) is 2.53. The van der Waals surface area contributed by atoms with Crippen molar-refractivity contribution >= 4 is 41.5 Å². The number of amides is 3. The fourth-order valence-electron chi connectivity index (χ4n) is 3.78. The molecule has 168 valence electrons. The zero-order valence-corrected chi connectivity index (χ0v) is 18.2. The van der Waals surface area contributed by atoms with Crippen LogP contribution >= 0.6 is 11.6 Å². The van der Waals surface area contributed by atoms with E-state index in [9.17, 15) is 28.7 Å². The lowest BCUT2D eigenvalue weighted by Crippen LogP contribution is -2.58. The van der Waals surface area contributed by atoms with E-state index in [-0.39, 0.29) is 29.2 Å². The van der Waals surface area contributed by atoms with Gasteiger partial charge in [0.15, 0.2) is 6.29 Å². The van der Waals surface area contributed by atoms with Gasteiger partial charge in [-0.15, -0.1) is 0 Å². The van der Waals surface area contributed by atoms with E-state index in [1.165, 1.54) is 43.3 Å². The molecule has 0 radical (unpaired) electrons. The van der Waals surface area contributed by atoms with Crippen LogP contribution in [0.4, 0.5) is 14.9 Å². The normalized spacial score (nSPS) is 17.1. The molecule has 1 N–H and O–H groups in total. The highest BCUT2D eigenvalue weighted by atomic mass is 35.5. The number of likely N-dealkylation sites (N-methyl/N-ethyl adjacent to an activating group) is 2. The summed E-state index contributed by atoms with van der Waals surface area (Å²) < 4.78 is 13.9. The summed E-state index contributed by atoms with van der Waals surface area (Å²) in [5.74, 6) is -2.55. The zero-order chi connectivity index (χ0) is 23.6. The molecule has 2 aromatic rings. The van der Waals surface area contributed by atoms with E-state index in [1.807, 2.05) is 0 Å². The Morgan fingerprint density at radius 2 is 1.91 bits per heavy atom. The Labute approximate surface area is 188 Å². The van der Waals surface area contributed by atoms with Crippen LogP contribution < -0.4 is 4.90 Å². The zero-order valence-electron chi connectivity index (χ0n) is 17.4. The number of urea groups is 1. The first-order chi connectivity index (χ1) is 15.1. The van der Waals surface area contributed by atoms with Crippen LogP contribution in [0.5, 0.6) is 0 Å². The van der Waals surface area contributed by atoms with Crippen molar-refractivity contribution in [2.24, 2.45) is 0 Å². The molecule has 10 heteroatoms. The van der Waals surface area contributed by atoms with E-state index in [2.05, 4.69) is 0 Å². The summed E-state index contributed by atoms with van der Waals surface area (Å²) in [4.78, 5) is 53.2. The first kappa shape index (κ1) is 23.2. The third-order valence-electron chi connectivity index (χ3n) is 5.51. The lowest BCUT2D eigenvalue weighted by atomic mass is 9.91. The minimum atomic E-state index is -2.08. The molecule has 8 nitrogen and oxygen atoms in total. The van der Waals surface area contributed by atoms with Gasteiger partial charge >= 0.3 is 12.0 Å². The Morgan fingerprint density at radius 3 is 2.53 bits per heavy atom. The van der Waals surface area contributed by atoms with E-state index >= 15 is 0 Å². The van der Waals surface area contributed by atoms with E-state index in [0.717, 1.165) is 9.80 Å². The SMILES string of the molecule is CN(CCc1ccccc1F)C(=O)N(C)[C@@]1(C=O)C(=O)N(CC(=O)O)c2ccc(Cl)cc21. The van der Waals surface area contributed by atoms with Gasteiger partial charge in [-0.25, -0.2) is 9.18 Å². The summed E-state index contributed by atoms with van der Waals surface area (Å²) in [5, 5.41) is 9.44. The van der Waals surface area contributed by atoms with Crippen molar-refractivity contribution in [2.75, 3.05) is 32.1 Å². The number of hydrogen-bond acceptors (Lipinski definition) is 4. The number of nitrogens with zero attached hydrogens (tertiary/aromatic N) is 3. The van der Waals surface area contributed by atoms with Crippen LogP contribution in [-0.4, -0.2) is 66.3 Å². The van der Waals surface area contributed by atoms with Crippen molar-refractivity contribution in [1.82, 2.24) is 9.80 Å². The van der Waals surface area contributed by atoms with E-state index < -0.39 is 35.8 Å². The molecular weight excluding hydrogens is 441 g/mol. The van der Waals surface area contributed by atoms with Crippen molar-refractivity contribution in [2.45, 2.75) is 12.0 Å². The van der Waals surface area contributed by atoms with Crippen LogP contribution in [0.2, 0.25) is 5.02 Å². The standard InChI is InChI=1S/C22H21ClFN3O5/c1-25(10-9-14-5-3-4-6-17(14)24)21(32)26(2)22(13-28)16-11-15(23)7-8-18(16)27(20(22)31)12-19(29)30/h3-8,11,13H,9-10,12H2,1-2H3,(H,29,30)/t22-/m1/s1. The molecule has 0 fully saturated rings. The number of anilines is 1. The van der Waals surface area contributed by atoms with Gasteiger partial charge in [0.1, 0.15) is 12.4 Å². The Kier molecular flexibility index (Phi) is 6.50. The lowest BCUT2D eigenvalue weighted by Gasteiger charge is -2.35. The predicted molar refractivity (Wildman–Crippen MR) is 115 cm³/mol. The minimum Gasteiger partial charge on any atom is -0.480 e. The molecule has 1 aliphatic rings. The van der Waals surface area contributed by atoms with E-state index in [1.54, 1.807) is 18.2 Å². The second kappa shape index (κ2) is 8.96. The maximum absolute atomic E-state index is 13.9. The molecule has 2 aromatic carbocycles. The number of carboxylic acids is 1. The number of carbonyl (C=O) groups is 4. The molecule has 3 rings (SSSR count). The van der Waals surface area contributed by atoms with Gasteiger partial charge in [0, 0.05) is 31.2 Å². The number of fused-ring (bicyclic) bond motifs is 1. The maximum Gasteiger partial charge on any atom is 0.323 e. The number of benzene rings is 2. The summed E-state index contributed by atoms with van der Waals surface area (Å²) in [6.45, 7) is -0.567. The average molecular weight is 462 g/mol. The van der Waals surface area contributed by atoms with Crippen LogP contribution in [0.3, 0.4) is 0 Å². The summed E-state index contributed by atoms with van der Waals surface area (Å²) >= 11 is 6.08. The summed E-state index contributed by atoms with van der Waals surface area (Å²) in [5.41, 5.74) is -1.37. The molecule has 1 heterocycles. The summed E-state index contributed by atoms with van der Waals surface area (Å²) in [7, 11) is 2.74. The quantitative estimate of drug-likeness (QED) is 0.504. The highest BCUT2D eigenvalue weighted by molar-refractivity contribution is 6.31. The second-order valence-electron chi connectivity index (χ2n) is 7.44. The van der Waals surface area contributed by atoms with Crippen molar-refractivity contribution in [3.05, 3.63) is 64.4 Å². The average Bonchev–Trinajstić information content (AvgIpc) is 2.99. The van der Waals surface area contributed by atoms with Gasteiger partial charge < -0.3 is 14.9 Å². The van der Waals surface area contributed by atoms with Gasteiger partial charge in [0.25, 0.3) is 5.91 Å². The smallest absolute Gasteiger partial charge is 0.323 e. The molecule has 1 aliphatic heterocycles. The molecule has 0 bridgehead atoms. The lowest BCUT2D eigenvalue weighted by molar-refractivity contribution is -0.139. The highest BCUT2D eigenvalue weighted by Gasteiger charge is 2.56. The van der Waals surface area contributed by atoms with Crippen molar-refractivity contribution in [3.8, 4) is 0 Å². The number of aldehydes is 1. The number of halogens is 2. The van der Waals surface area contributed by atoms with Crippen molar-refractivity contribution in [1.29, 1.82) is 0 Å². The second-order valence-corrected chi connectivity index (χ2v) is 7.87. The van der Waals surface area contributed by atoms with Crippen LogP contribution in [0, 0.1) is 5.82 Å². The Morgan fingerprint density at radius 1 is 1.22 bits per heavy atom. The molecule has 0 aliphatic carbocycles. The topological polar surface area (TPSA) is 98.2 Å². The van der Waals surface area contributed by atoms with Crippen molar-refractivity contribution in [3.63, 3.8) is 0 Å². The molecule has 0 spiro atoms. The number of carbonyl (C=O) groups excluding carboxylic acids is 3. The van der Waals surface area contributed by atoms with Gasteiger partial charge in [0.2, 0.25) is 5.54 Å². The van der Waals surface area contributed by atoms with Crippen LogP contribution in [-0.2, 0) is 26.3 Å². The molecule has 3 amide bonds. The van der Waals surface area contributed by atoms with Gasteiger partial charge in [0.05, 0.1) is 5.69 Å². The first-order valence-electron chi connectivity index (χ1n) is 9.66. The van der Waals surface area contributed by atoms with E-state index in [4.69, 9.17) is 11.6 Å². The number of carboxylic acid groups (broad SMARTS) is 1. The monoisotopic (exact) mass is 461 g/mol.